The molecular formula is C24H40N4O5S. The van der Waals surface area contributed by atoms with E-state index in [9.17, 15) is 19.5 Å². The Morgan fingerprint density at radius 1 is 1.15 bits per heavy atom. The average Bonchev–Trinajstić information content (AvgIpc) is 3.42. The summed E-state index contributed by atoms with van der Waals surface area (Å²) in [6.07, 6.45) is 2.91. The van der Waals surface area contributed by atoms with Gasteiger partial charge in [-0.25, -0.2) is 0 Å². The van der Waals surface area contributed by atoms with E-state index in [2.05, 4.69) is 22.5 Å². The number of ether oxygens (including phenoxy) is 1. The zero-order valence-electron chi connectivity index (χ0n) is 20.5. The van der Waals surface area contributed by atoms with Gasteiger partial charge in [0.2, 0.25) is 17.7 Å². The van der Waals surface area contributed by atoms with Crippen LogP contribution in [0.15, 0.2) is 0 Å². The van der Waals surface area contributed by atoms with Gasteiger partial charge in [-0.3, -0.25) is 19.3 Å². The van der Waals surface area contributed by atoms with Crippen molar-refractivity contribution in [3.63, 3.8) is 0 Å². The van der Waals surface area contributed by atoms with E-state index in [-0.39, 0.29) is 41.4 Å². The number of nitrogens with one attached hydrogen (secondary N) is 2. The molecule has 1 spiro atoms. The molecule has 4 heterocycles. The molecule has 4 fully saturated rings. The molecule has 4 aliphatic rings. The molecule has 3 N–H and O–H groups in total. The van der Waals surface area contributed by atoms with Gasteiger partial charge in [0.05, 0.1) is 29.8 Å². The molecule has 9 nitrogen and oxygen atoms in total. The van der Waals surface area contributed by atoms with Crippen LogP contribution >= 0.6 is 11.8 Å². The van der Waals surface area contributed by atoms with Gasteiger partial charge in [0, 0.05) is 51.1 Å². The lowest BCUT2D eigenvalue weighted by atomic mass is 9.66. The first-order valence-corrected chi connectivity index (χ1v) is 13.8. The van der Waals surface area contributed by atoms with Crippen molar-refractivity contribution in [1.82, 2.24) is 20.4 Å². The third-order valence-electron chi connectivity index (χ3n) is 7.98. The highest BCUT2D eigenvalue weighted by Crippen LogP contribution is 2.68. The highest BCUT2D eigenvalue weighted by Gasteiger charge is 2.75. The largest absolute Gasteiger partial charge is 0.396 e. The molecule has 0 saturated carbocycles. The Hall–Kier alpha value is -1.36. The van der Waals surface area contributed by atoms with E-state index in [0.717, 1.165) is 32.5 Å². The van der Waals surface area contributed by atoms with Gasteiger partial charge in [-0.1, -0.05) is 13.8 Å². The summed E-state index contributed by atoms with van der Waals surface area (Å²) in [4.78, 5) is 44.6. The molecule has 34 heavy (non-hydrogen) atoms. The lowest BCUT2D eigenvalue weighted by Gasteiger charge is -2.38. The fourth-order valence-electron chi connectivity index (χ4n) is 6.38. The van der Waals surface area contributed by atoms with Crippen LogP contribution in [0, 0.1) is 17.8 Å². The first kappa shape index (κ1) is 25.7. The van der Waals surface area contributed by atoms with E-state index in [1.807, 2.05) is 6.92 Å². The lowest BCUT2D eigenvalue weighted by molar-refractivity contribution is -0.140. The van der Waals surface area contributed by atoms with Gasteiger partial charge < -0.3 is 25.4 Å². The van der Waals surface area contributed by atoms with Crippen molar-refractivity contribution in [3.05, 3.63) is 0 Å². The number of nitrogens with zero attached hydrogens (tertiary/aromatic N) is 2. The first-order chi connectivity index (χ1) is 16.5. The molecule has 192 valence electrons. The second-order valence-corrected chi connectivity index (χ2v) is 11.6. The van der Waals surface area contributed by atoms with Crippen molar-refractivity contribution in [3.8, 4) is 0 Å². The zero-order valence-corrected chi connectivity index (χ0v) is 21.3. The van der Waals surface area contributed by atoms with Crippen molar-refractivity contribution in [2.75, 3.05) is 59.1 Å². The first-order valence-electron chi connectivity index (χ1n) is 12.9. The number of likely N-dealkylation sites (tertiary alicyclic amines) is 1. The summed E-state index contributed by atoms with van der Waals surface area (Å²) in [5.74, 6) is -0.897. The van der Waals surface area contributed by atoms with E-state index < -0.39 is 16.7 Å². The van der Waals surface area contributed by atoms with Crippen LogP contribution < -0.4 is 10.6 Å². The molecular weight excluding hydrogens is 456 g/mol. The summed E-state index contributed by atoms with van der Waals surface area (Å²) in [5.41, 5.74) is 0. The fraction of sp³-hybridized carbons (Fsp3) is 0.875. The molecule has 3 amide bonds. The van der Waals surface area contributed by atoms with Crippen LogP contribution in [0.2, 0.25) is 0 Å². The molecule has 4 saturated heterocycles. The quantitative estimate of drug-likeness (QED) is 0.347. The zero-order chi connectivity index (χ0) is 24.3. The summed E-state index contributed by atoms with van der Waals surface area (Å²) in [6, 6.07) is -0.581. The van der Waals surface area contributed by atoms with Crippen molar-refractivity contribution in [2.45, 2.75) is 55.6 Å². The van der Waals surface area contributed by atoms with Gasteiger partial charge in [0.1, 0.15) is 6.04 Å². The molecule has 4 aliphatic heterocycles. The third kappa shape index (κ3) is 4.58. The summed E-state index contributed by atoms with van der Waals surface area (Å²) in [5, 5.41) is 15.5. The Bertz CT molecular complexity index is 764. The van der Waals surface area contributed by atoms with Crippen molar-refractivity contribution >= 4 is 29.5 Å². The summed E-state index contributed by atoms with van der Waals surface area (Å²) >= 11 is 1.71. The summed E-state index contributed by atoms with van der Waals surface area (Å²) < 4.78 is 4.83. The van der Waals surface area contributed by atoms with Crippen LogP contribution in [0.5, 0.6) is 0 Å². The Morgan fingerprint density at radius 2 is 1.88 bits per heavy atom. The van der Waals surface area contributed by atoms with Gasteiger partial charge in [0.15, 0.2) is 0 Å². The Kier molecular flexibility index (Phi) is 8.43. The molecule has 0 radical (unpaired) electrons. The molecule has 0 aromatic carbocycles. The van der Waals surface area contributed by atoms with Crippen molar-refractivity contribution in [2.24, 2.45) is 17.8 Å². The number of aliphatic hydroxyl groups is 1. The van der Waals surface area contributed by atoms with Crippen LogP contribution in [0.1, 0.15) is 39.5 Å². The van der Waals surface area contributed by atoms with Crippen LogP contribution in [0.4, 0.5) is 0 Å². The molecule has 2 bridgehead atoms. The van der Waals surface area contributed by atoms with Gasteiger partial charge in [-0.2, -0.15) is 0 Å². The Balaban J connectivity index is 1.54. The molecule has 0 aromatic rings. The fourth-order valence-corrected chi connectivity index (χ4v) is 8.80. The monoisotopic (exact) mass is 496 g/mol. The van der Waals surface area contributed by atoms with Gasteiger partial charge >= 0.3 is 0 Å². The number of hydrogen-bond acceptors (Lipinski definition) is 7. The maximum atomic E-state index is 13.8. The number of thioether (sulfide) groups is 1. The minimum atomic E-state index is -0.581. The second-order valence-electron chi connectivity index (χ2n) is 10.1. The van der Waals surface area contributed by atoms with Crippen LogP contribution in [0.25, 0.3) is 0 Å². The Morgan fingerprint density at radius 3 is 2.59 bits per heavy atom. The minimum Gasteiger partial charge on any atom is -0.396 e. The van der Waals surface area contributed by atoms with Gasteiger partial charge in [-0.15, -0.1) is 11.8 Å². The maximum Gasteiger partial charge on any atom is 0.244 e. The SMILES string of the molecule is CCCNC(=O)[C@@H]1[C@@H]2CC(C)C3(S2)C(C(=O)NCCN2CCOCC2)N(CCCCO)C(=O)[C@H]13. The number of unbranched alkanes of at least 4 members (excludes halogenated alkanes) is 1. The molecule has 3 unspecified atom stereocenters. The smallest absolute Gasteiger partial charge is 0.244 e. The highest BCUT2D eigenvalue weighted by molar-refractivity contribution is 8.02. The van der Waals surface area contributed by atoms with Crippen molar-refractivity contribution in [1.29, 1.82) is 0 Å². The number of amides is 3. The highest BCUT2D eigenvalue weighted by atomic mass is 32.2. The molecule has 10 heteroatoms. The van der Waals surface area contributed by atoms with E-state index in [4.69, 9.17) is 4.74 Å². The molecule has 0 aliphatic carbocycles. The Labute approximate surface area is 206 Å². The summed E-state index contributed by atoms with van der Waals surface area (Å²) in [6.45, 7) is 9.67. The van der Waals surface area contributed by atoms with Gasteiger partial charge in [-0.05, 0) is 31.6 Å². The molecule has 6 atom stereocenters. The number of hydrogen-bond donors (Lipinski definition) is 3. The van der Waals surface area contributed by atoms with E-state index in [0.29, 0.717) is 45.7 Å². The second kappa shape index (κ2) is 11.1. The lowest BCUT2D eigenvalue weighted by Crippen LogP contribution is -2.57. The number of aliphatic hydroxyl groups excluding tert-OH is 1. The number of fused-ring (bicyclic) bond motifs is 1. The van der Waals surface area contributed by atoms with Gasteiger partial charge in [0.25, 0.3) is 0 Å². The maximum absolute atomic E-state index is 13.8. The number of carbonyl (C=O) groups is 3. The van der Waals surface area contributed by atoms with Crippen LogP contribution in [-0.2, 0) is 19.1 Å². The molecule has 0 aromatic heterocycles. The number of morpholine rings is 1. The third-order valence-corrected chi connectivity index (χ3v) is 10.1. The molecule has 4 rings (SSSR count). The van der Waals surface area contributed by atoms with Crippen molar-refractivity contribution < 1.29 is 24.2 Å². The summed E-state index contributed by atoms with van der Waals surface area (Å²) in [7, 11) is 0. The minimum absolute atomic E-state index is 0.0461. The van der Waals surface area contributed by atoms with Crippen LogP contribution in [-0.4, -0.2) is 108 Å². The predicted molar refractivity (Wildman–Crippen MR) is 130 cm³/mol. The van der Waals surface area contributed by atoms with Crippen LogP contribution in [0.3, 0.4) is 0 Å². The average molecular weight is 497 g/mol. The van der Waals surface area contributed by atoms with E-state index >= 15 is 0 Å². The van der Waals surface area contributed by atoms with E-state index in [1.165, 1.54) is 0 Å². The standard InChI is InChI=1S/C24H40N4O5S/c1-3-6-25-21(30)18-17-15-16(2)24(34-17)19(18)23(32)28(8-4-5-12-29)20(24)22(31)26-7-9-27-10-13-33-14-11-27/h16-20,29H,3-15H2,1-2H3,(H,25,30)(H,26,31)/t16?,17-,18+,19-,20?,24?/m0/s1. The number of carbonyl (C=O) groups excluding carboxylic acids is 3. The normalized spacial score (nSPS) is 35.0. The topological polar surface area (TPSA) is 111 Å². The van der Waals surface area contributed by atoms with E-state index in [1.54, 1.807) is 16.7 Å². The predicted octanol–water partition coefficient (Wildman–Crippen LogP) is 0.0707. The number of rotatable bonds is 11.